The molecule has 2 aliphatic rings. The van der Waals surface area contributed by atoms with Crippen molar-refractivity contribution in [2.24, 2.45) is 5.92 Å². The first-order chi connectivity index (χ1) is 15.8. The van der Waals surface area contributed by atoms with Crippen LogP contribution in [0.3, 0.4) is 0 Å². The van der Waals surface area contributed by atoms with Gasteiger partial charge < -0.3 is 4.90 Å². The second-order valence-corrected chi connectivity index (χ2v) is 8.40. The molecule has 0 N–H and O–H groups in total. The summed E-state index contributed by atoms with van der Waals surface area (Å²) in [6.07, 6.45) is 3.00. The number of rotatable bonds is 4. The minimum Gasteiger partial charge on any atom is -0.332 e. The van der Waals surface area contributed by atoms with Crippen LogP contribution in [0.25, 0.3) is 11.1 Å². The zero-order chi connectivity index (χ0) is 23.2. The highest BCUT2D eigenvalue weighted by Gasteiger charge is 2.49. The van der Waals surface area contributed by atoms with Crippen LogP contribution in [0.2, 0.25) is 0 Å². The van der Waals surface area contributed by atoms with E-state index in [2.05, 4.69) is 20.2 Å². The molecule has 0 aliphatic carbocycles. The normalized spacial score (nSPS) is 22.1. The number of hydrogen-bond donors (Lipinski definition) is 0. The lowest BCUT2D eigenvalue weighted by Crippen LogP contribution is -2.37. The van der Waals surface area contributed by atoms with Gasteiger partial charge in [-0.3, -0.25) is 9.78 Å². The molecule has 2 bridgehead atoms. The van der Waals surface area contributed by atoms with Crippen LogP contribution in [0.4, 0.5) is 17.6 Å². The highest BCUT2D eigenvalue weighted by molar-refractivity contribution is 6.01. The van der Waals surface area contributed by atoms with E-state index >= 15 is 0 Å². The van der Waals surface area contributed by atoms with Gasteiger partial charge >= 0.3 is 6.18 Å². The van der Waals surface area contributed by atoms with Gasteiger partial charge in [-0.15, -0.1) is 0 Å². The largest absolute Gasteiger partial charge is 0.434 e. The summed E-state index contributed by atoms with van der Waals surface area (Å²) in [6, 6.07) is 5.94. The molecule has 2 saturated heterocycles. The van der Waals surface area contributed by atoms with E-state index in [1.807, 2.05) is 4.90 Å². The summed E-state index contributed by atoms with van der Waals surface area (Å²) in [5, 5.41) is 7.51. The maximum atomic E-state index is 14.8. The number of nitrogens with zero attached hydrogens (tertiary/aromatic N) is 5. The van der Waals surface area contributed by atoms with E-state index in [4.69, 9.17) is 0 Å². The van der Waals surface area contributed by atoms with Crippen molar-refractivity contribution in [2.45, 2.75) is 43.9 Å². The molecule has 2 fully saturated rings. The fourth-order valence-electron chi connectivity index (χ4n) is 5.10. The Hall–Kier alpha value is -3.43. The number of aromatic nitrogens is 4. The van der Waals surface area contributed by atoms with Gasteiger partial charge in [-0.25, -0.2) is 9.37 Å². The van der Waals surface area contributed by atoms with Crippen molar-refractivity contribution < 1.29 is 22.4 Å². The van der Waals surface area contributed by atoms with E-state index < -0.39 is 17.7 Å². The molecule has 6 nitrogen and oxygen atoms in total. The van der Waals surface area contributed by atoms with E-state index in [0.717, 1.165) is 31.7 Å². The fourth-order valence-corrected chi connectivity index (χ4v) is 5.10. The summed E-state index contributed by atoms with van der Waals surface area (Å²) >= 11 is 0. The SMILES string of the molecule is O=C(c1cccc(F)c1-c1ccnnc1)N1C2CCC1C(Cc1cnc(C(F)(F)F)cn1)C2. The highest BCUT2D eigenvalue weighted by atomic mass is 19.4. The molecule has 0 spiro atoms. The van der Waals surface area contributed by atoms with E-state index in [1.54, 1.807) is 12.1 Å². The second kappa shape index (κ2) is 8.17. The Balaban J connectivity index is 1.39. The van der Waals surface area contributed by atoms with Gasteiger partial charge in [-0.2, -0.15) is 23.4 Å². The standard InChI is InChI=1S/C23H19F4N5O/c24-18-3-1-2-17(21(18)13-6-7-30-31-10-13)22(33)32-16-4-5-19(32)14(9-16)8-15-11-29-20(12-28-15)23(25,26)27/h1-3,6-7,10-12,14,16,19H,4-5,8-9H2. The molecule has 3 unspecified atom stereocenters. The van der Waals surface area contributed by atoms with Gasteiger partial charge in [-0.1, -0.05) is 6.07 Å². The van der Waals surface area contributed by atoms with Gasteiger partial charge in [0.1, 0.15) is 5.82 Å². The predicted molar refractivity (Wildman–Crippen MR) is 109 cm³/mol. The fraction of sp³-hybridized carbons (Fsp3) is 0.348. The zero-order valence-electron chi connectivity index (χ0n) is 17.3. The van der Waals surface area contributed by atoms with Crippen LogP contribution in [0.1, 0.15) is 41.0 Å². The van der Waals surface area contributed by atoms with E-state index in [-0.39, 0.29) is 35.0 Å². The van der Waals surface area contributed by atoms with Gasteiger partial charge in [-0.05, 0) is 49.8 Å². The smallest absolute Gasteiger partial charge is 0.332 e. The highest BCUT2D eigenvalue weighted by Crippen LogP contribution is 2.44. The number of alkyl halides is 3. The summed E-state index contributed by atoms with van der Waals surface area (Å²) in [5.41, 5.74) is 0.348. The Morgan fingerprint density at radius 2 is 1.91 bits per heavy atom. The van der Waals surface area contributed by atoms with E-state index in [0.29, 0.717) is 17.7 Å². The van der Waals surface area contributed by atoms with Crippen LogP contribution < -0.4 is 0 Å². The Morgan fingerprint density at radius 1 is 1.06 bits per heavy atom. The Bertz CT molecular complexity index is 1170. The lowest BCUT2D eigenvalue weighted by molar-refractivity contribution is -0.141. The number of amides is 1. The van der Waals surface area contributed by atoms with Gasteiger partial charge in [0.15, 0.2) is 5.69 Å². The molecule has 170 valence electrons. The van der Waals surface area contributed by atoms with Crippen molar-refractivity contribution in [3.63, 3.8) is 0 Å². The van der Waals surface area contributed by atoms with Crippen LogP contribution >= 0.6 is 0 Å². The molecule has 0 radical (unpaired) electrons. The average Bonchev–Trinajstić information content (AvgIpc) is 3.36. The molecule has 4 heterocycles. The molecule has 2 aromatic heterocycles. The van der Waals surface area contributed by atoms with E-state index in [1.165, 1.54) is 24.5 Å². The topological polar surface area (TPSA) is 71.9 Å². The zero-order valence-corrected chi connectivity index (χ0v) is 17.3. The van der Waals surface area contributed by atoms with Crippen LogP contribution in [0, 0.1) is 11.7 Å². The molecule has 0 saturated carbocycles. The number of benzene rings is 1. The first-order valence-corrected chi connectivity index (χ1v) is 10.6. The molecule has 3 aromatic rings. The molecule has 33 heavy (non-hydrogen) atoms. The molecule has 10 heteroatoms. The van der Waals surface area contributed by atoms with Gasteiger partial charge in [0.2, 0.25) is 0 Å². The van der Waals surface area contributed by atoms with Crippen LogP contribution in [-0.4, -0.2) is 43.1 Å². The Labute approximate surface area is 186 Å². The predicted octanol–water partition coefficient (Wildman–Crippen LogP) is 4.33. The minimum absolute atomic E-state index is 0.00147. The number of hydrogen-bond acceptors (Lipinski definition) is 5. The number of fused-ring (bicyclic) bond motifs is 2. The van der Waals surface area contributed by atoms with Gasteiger partial charge in [0.25, 0.3) is 5.91 Å². The van der Waals surface area contributed by atoms with Crippen molar-refractivity contribution in [1.82, 2.24) is 25.1 Å². The van der Waals surface area contributed by atoms with E-state index in [9.17, 15) is 22.4 Å². The molecular formula is C23H19F4N5O. The van der Waals surface area contributed by atoms with Gasteiger partial charge in [0, 0.05) is 29.4 Å². The number of carbonyl (C=O) groups excluding carboxylic acids is 1. The molecule has 1 aromatic carbocycles. The molecular weight excluding hydrogens is 438 g/mol. The quantitative estimate of drug-likeness (QED) is 0.546. The average molecular weight is 457 g/mol. The first kappa shape index (κ1) is 21.4. The molecule has 3 atom stereocenters. The maximum absolute atomic E-state index is 14.8. The summed E-state index contributed by atoms with van der Waals surface area (Å²) in [4.78, 5) is 22.8. The minimum atomic E-state index is -4.53. The summed E-state index contributed by atoms with van der Waals surface area (Å²) < 4.78 is 53.0. The van der Waals surface area contributed by atoms with Crippen molar-refractivity contribution in [1.29, 1.82) is 0 Å². The maximum Gasteiger partial charge on any atom is 0.434 e. The third-order valence-electron chi connectivity index (χ3n) is 6.48. The van der Waals surface area contributed by atoms with Crippen molar-refractivity contribution >= 4 is 5.91 Å². The Morgan fingerprint density at radius 3 is 2.61 bits per heavy atom. The first-order valence-electron chi connectivity index (χ1n) is 10.6. The van der Waals surface area contributed by atoms with Gasteiger partial charge in [0.05, 0.1) is 29.8 Å². The Kier molecular flexibility index (Phi) is 5.30. The third kappa shape index (κ3) is 3.94. The number of carbonyl (C=O) groups is 1. The van der Waals surface area contributed by atoms with Crippen molar-refractivity contribution in [3.05, 3.63) is 71.8 Å². The summed E-state index contributed by atoms with van der Waals surface area (Å²) in [6.45, 7) is 0. The third-order valence-corrected chi connectivity index (χ3v) is 6.48. The molecule has 5 rings (SSSR count). The van der Waals surface area contributed by atoms with Crippen LogP contribution in [0.5, 0.6) is 0 Å². The second-order valence-electron chi connectivity index (χ2n) is 8.40. The molecule has 1 amide bonds. The monoisotopic (exact) mass is 457 g/mol. The summed E-state index contributed by atoms with van der Waals surface area (Å²) in [7, 11) is 0. The lowest BCUT2D eigenvalue weighted by atomic mass is 9.86. The van der Waals surface area contributed by atoms with Crippen LogP contribution in [-0.2, 0) is 12.6 Å². The van der Waals surface area contributed by atoms with Crippen LogP contribution in [0.15, 0.2) is 49.1 Å². The van der Waals surface area contributed by atoms with Crippen molar-refractivity contribution in [3.8, 4) is 11.1 Å². The lowest BCUT2D eigenvalue weighted by Gasteiger charge is -2.25. The number of halogens is 4. The summed E-state index contributed by atoms with van der Waals surface area (Å²) in [5.74, 6) is -0.717. The molecule has 2 aliphatic heterocycles. The van der Waals surface area contributed by atoms with Crippen molar-refractivity contribution in [2.75, 3.05) is 0 Å².